The van der Waals surface area contributed by atoms with Crippen LogP contribution in [-0.2, 0) is 9.53 Å². The van der Waals surface area contributed by atoms with Gasteiger partial charge in [-0.05, 0) is 57.0 Å². The van der Waals surface area contributed by atoms with Crippen molar-refractivity contribution < 1.29 is 19.1 Å². The van der Waals surface area contributed by atoms with E-state index in [0.717, 1.165) is 0 Å². The van der Waals surface area contributed by atoms with Crippen LogP contribution >= 0.6 is 0 Å². The fraction of sp³-hybridized carbons (Fsp3) is 0.360. The van der Waals surface area contributed by atoms with Gasteiger partial charge < -0.3 is 14.4 Å². The van der Waals surface area contributed by atoms with Gasteiger partial charge in [-0.3, -0.25) is 14.4 Å². The summed E-state index contributed by atoms with van der Waals surface area (Å²) >= 11 is 0. The van der Waals surface area contributed by atoms with Crippen molar-refractivity contribution in [2.75, 3.05) is 26.3 Å². The normalized spacial score (nSPS) is 15.9. The van der Waals surface area contributed by atoms with Gasteiger partial charge in [0.25, 0.3) is 11.5 Å². The van der Waals surface area contributed by atoms with Crippen molar-refractivity contribution in [3.63, 3.8) is 0 Å². The van der Waals surface area contributed by atoms with Gasteiger partial charge in [-0.15, -0.1) is 0 Å². The molecule has 1 amide bonds. The number of esters is 1. The highest BCUT2D eigenvalue weighted by molar-refractivity contribution is 6.05. The summed E-state index contributed by atoms with van der Waals surface area (Å²) in [6, 6.07) is 14.0. The minimum absolute atomic E-state index is 0.184. The van der Waals surface area contributed by atoms with Crippen LogP contribution in [0.4, 0.5) is 0 Å². The topological polar surface area (TPSA) is 90.7 Å². The van der Waals surface area contributed by atoms with Crippen LogP contribution in [0.1, 0.15) is 37.2 Å². The van der Waals surface area contributed by atoms with E-state index >= 15 is 0 Å². The number of ether oxygens (including phenoxy) is 2. The lowest BCUT2D eigenvalue weighted by Crippen LogP contribution is -2.43. The van der Waals surface area contributed by atoms with Gasteiger partial charge >= 0.3 is 5.97 Å². The Morgan fingerprint density at radius 2 is 1.76 bits per heavy atom. The summed E-state index contributed by atoms with van der Waals surface area (Å²) in [5, 5.41) is 5.38. The highest BCUT2D eigenvalue weighted by Gasteiger charge is 2.31. The van der Waals surface area contributed by atoms with Crippen molar-refractivity contribution in [3.05, 3.63) is 64.6 Å². The Kier molecular flexibility index (Phi) is 6.72. The Bertz CT molecular complexity index is 1220. The molecule has 0 radical (unpaired) electrons. The maximum absolute atomic E-state index is 13.5. The van der Waals surface area contributed by atoms with Gasteiger partial charge in [0.15, 0.2) is 5.69 Å². The zero-order valence-electron chi connectivity index (χ0n) is 18.8. The molecule has 172 valence electrons. The molecule has 1 aromatic heterocycles. The molecule has 2 heterocycles. The maximum atomic E-state index is 13.5. The van der Waals surface area contributed by atoms with Crippen molar-refractivity contribution in [2.24, 2.45) is 5.92 Å². The first-order chi connectivity index (χ1) is 16.0. The third-order valence-electron chi connectivity index (χ3n) is 5.73. The smallest absolute Gasteiger partial charge is 0.310 e. The number of aromatic nitrogens is 2. The van der Waals surface area contributed by atoms with E-state index in [1.165, 1.54) is 4.68 Å². The lowest BCUT2D eigenvalue weighted by atomic mass is 9.97. The Hall–Kier alpha value is -3.68. The Morgan fingerprint density at radius 1 is 1.03 bits per heavy atom. The first-order valence-corrected chi connectivity index (χ1v) is 11.2. The number of likely N-dealkylation sites (tertiary alicyclic amines) is 1. The highest BCUT2D eigenvalue weighted by atomic mass is 16.5. The van der Waals surface area contributed by atoms with Gasteiger partial charge in [0.05, 0.1) is 30.2 Å². The number of amides is 1. The Balaban J connectivity index is 1.74. The van der Waals surface area contributed by atoms with Gasteiger partial charge in [0, 0.05) is 18.5 Å². The number of fused-ring (bicyclic) bond motifs is 1. The minimum Gasteiger partial charge on any atom is -0.494 e. The average Bonchev–Trinajstić information content (AvgIpc) is 2.85. The van der Waals surface area contributed by atoms with Crippen LogP contribution < -0.4 is 10.3 Å². The molecule has 1 aliphatic heterocycles. The first kappa shape index (κ1) is 22.5. The van der Waals surface area contributed by atoms with E-state index in [9.17, 15) is 14.4 Å². The third kappa shape index (κ3) is 4.60. The zero-order valence-corrected chi connectivity index (χ0v) is 18.8. The standard InChI is InChI=1S/C25H27N3O5/c1-3-32-19-13-11-18(12-14-19)28-23(29)21-10-6-5-9-20(21)22(26-28)24(30)27-15-7-8-17(16-27)25(31)33-4-2/h5-6,9-14,17H,3-4,7-8,15-16H2,1-2H3/t17-/m1/s1. The SMILES string of the molecule is CCOC(=O)[C@@H]1CCCN(C(=O)c2nn(-c3ccc(OCC)cc3)c(=O)c3ccccc23)C1. The summed E-state index contributed by atoms with van der Waals surface area (Å²) in [4.78, 5) is 40.6. The Morgan fingerprint density at radius 3 is 2.45 bits per heavy atom. The highest BCUT2D eigenvalue weighted by Crippen LogP contribution is 2.23. The summed E-state index contributed by atoms with van der Waals surface area (Å²) in [6.45, 7) is 5.30. The van der Waals surface area contributed by atoms with Gasteiger partial charge in [0.2, 0.25) is 0 Å². The van der Waals surface area contributed by atoms with Crippen LogP contribution in [0.25, 0.3) is 16.5 Å². The monoisotopic (exact) mass is 449 g/mol. The van der Waals surface area contributed by atoms with Crippen molar-refractivity contribution >= 4 is 22.6 Å². The second kappa shape index (κ2) is 9.85. The number of carbonyl (C=O) groups excluding carboxylic acids is 2. The molecule has 0 aliphatic carbocycles. The van der Waals surface area contributed by atoms with E-state index in [1.807, 2.05) is 6.92 Å². The van der Waals surface area contributed by atoms with E-state index in [-0.39, 0.29) is 35.6 Å². The molecule has 3 aromatic rings. The molecule has 1 saturated heterocycles. The lowest BCUT2D eigenvalue weighted by Gasteiger charge is -2.31. The van der Waals surface area contributed by atoms with Crippen LogP contribution in [0, 0.1) is 5.92 Å². The van der Waals surface area contributed by atoms with E-state index in [1.54, 1.807) is 60.4 Å². The number of hydrogen-bond donors (Lipinski definition) is 0. The second-order valence-electron chi connectivity index (χ2n) is 7.88. The second-order valence-corrected chi connectivity index (χ2v) is 7.88. The fourth-order valence-electron chi connectivity index (χ4n) is 4.14. The molecule has 4 rings (SSSR count). The molecule has 8 nitrogen and oxygen atoms in total. The molecule has 0 N–H and O–H groups in total. The van der Waals surface area contributed by atoms with Crippen LogP contribution in [0.15, 0.2) is 53.3 Å². The minimum atomic E-state index is -0.356. The van der Waals surface area contributed by atoms with Gasteiger partial charge in [-0.2, -0.15) is 9.78 Å². The predicted octanol–water partition coefficient (Wildman–Crippen LogP) is 3.20. The van der Waals surface area contributed by atoms with E-state index < -0.39 is 0 Å². The van der Waals surface area contributed by atoms with Gasteiger partial charge in [-0.25, -0.2) is 0 Å². The van der Waals surface area contributed by atoms with Crippen LogP contribution in [0.5, 0.6) is 5.75 Å². The number of rotatable bonds is 6. The van der Waals surface area contributed by atoms with Crippen molar-refractivity contribution in [1.82, 2.24) is 14.7 Å². The number of nitrogens with zero attached hydrogens (tertiary/aromatic N) is 3. The Labute approximate surface area is 191 Å². The molecule has 0 bridgehead atoms. The number of benzene rings is 2. The summed E-state index contributed by atoms with van der Waals surface area (Å²) < 4.78 is 11.9. The van der Waals surface area contributed by atoms with Crippen molar-refractivity contribution in [2.45, 2.75) is 26.7 Å². The molecule has 33 heavy (non-hydrogen) atoms. The molecular weight excluding hydrogens is 422 g/mol. The van der Waals surface area contributed by atoms with Crippen LogP contribution in [0.2, 0.25) is 0 Å². The first-order valence-electron chi connectivity index (χ1n) is 11.2. The summed E-state index contributed by atoms with van der Waals surface area (Å²) in [5.41, 5.74) is 0.407. The van der Waals surface area contributed by atoms with E-state index in [2.05, 4.69) is 5.10 Å². The lowest BCUT2D eigenvalue weighted by molar-refractivity contribution is -0.149. The van der Waals surface area contributed by atoms with Crippen molar-refractivity contribution in [3.8, 4) is 11.4 Å². The summed E-state index contributed by atoms with van der Waals surface area (Å²) in [6.07, 6.45) is 1.38. The van der Waals surface area contributed by atoms with E-state index in [4.69, 9.17) is 9.47 Å². The molecule has 0 saturated carbocycles. The largest absolute Gasteiger partial charge is 0.494 e. The molecule has 1 fully saturated rings. The number of piperidine rings is 1. The fourth-order valence-corrected chi connectivity index (χ4v) is 4.14. The molecule has 0 spiro atoms. The van der Waals surface area contributed by atoms with Crippen molar-refractivity contribution in [1.29, 1.82) is 0 Å². The molecule has 8 heteroatoms. The predicted molar refractivity (Wildman–Crippen MR) is 124 cm³/mol. The van der Waals surface area contributed by atoms with Gasteiger partial charge in [-0.1, -0.05) is 18.2 Å². The van der Waals surface area contributed by atoms with Crippen LogP contribution in [0.3, 0.4) is 0 Å². The summed E-state index contributed by atoms with van der Waals surface area (Å²) in [5.74, 6) is -0.261. The molecule has 0 unspecified atom stereocenters. The van der Waals surface area contributed by atoms with Gasteiger partial charge in [0.1, 0.15) is 5.75 Å². The quantitative estimate of drug-likeness (QED) is 0.537. The molecule has 2 aromatic carbocycles. The van der Waals surface area contributed by atoms with E-state index in [0.29, 0.717) is 54.8 Å². The molecular formula is C25H27N3O5. The van der Waals surface area contributed by atoms with Crippen LogP contribution in [-0.4, -0.2) is 52.9 Å². The number of carbonyl (C=O) groups is 2. The maximum Gasteiger partial charge on any atom is 0.310 e. The molecule has 1 aliphatic rings. The zero-order chi connectivity index (χ0) is 23.4. The number of hydrogen-bond acceptors (Lipinski definition) is 6. The summed E-state index contributed by atoms with van der Waals surface area (Å²) in [7, 11) is 0. The third-order valence-corrected chi connectivity index (χ3v) is 5.73. The average molecular weight is 450 g/mol. The molecule has 1 atom stereocenters.